The molecule has 1 amide bonds. The van der Waals surface area contributed by atoms with Crippen LogP contribution in [0, 0.1) is 0 Å². The van der Waals surface area contributed by atoms with E-state index in [1.807, 2.05) is 11.4 Å². The lowest BCUT2D eigenvalue weighted by atomic mass is 10.1. The number of ketones is 1. The summed E-state index contributed by atoms with van der Waals surface area (Å²) in [5.74, 6) is -0.123. The lowest BCUT2D eigenvalue weighted by molar-refractivity contribution is -0.0265. The quantitative estimate of drug-likeness (QED) is 0.743. The third kappa shape index (κ3) is 4.05. The van der Waals surface area contributed by atoms with Crippen molar-refractivity contribution in [3.05, 3.63) is 20.8 Å². The Balaban J connectivity index is 2.18. The zero-order chi connectivity index (χ0) is 15.6. The van der Waals surface area contributed by atoms with Crippen LogP contribution in [0.5, 0.6) is 0 Å². The standard InChI is InChI=1S/C14H18BrNO4S/c1-14(2,3)20-13(18)16-5-6-19-8-10(16)11(17)12-9(15)4-7-21-12/h4,7,10H,5-6,8H2,1-3H3. The number of carbonyl (C=O) groups excluding carboxylic acids is 2. The highest BCUT2D eigenvalue weighted by Gasteiger charge is 2.36. The van der Waals surface area contributed by atoms with Crippen LogP contribution in [-0.4, -0.2) is 48.2 Å². The topological polar surface area (TPSA) is 55.8 Å². The fourth-order valence-corrected chi connectivity index (χ4v) is 3.54. The molecule has 0 radical (unpaired) electrons. The molecule has 1 aromatic heterocycles. The summed E-state index contributed by atoms with van der Waals surface area (Å²) in [6.45, 7) is 6.37. The van der Waals surface area contributed by atoms with E-state index in [1.54, 1.807) is 20.8 Å². The van der Waals surface area contributed by atoms with Gasteiger partial charge in [0.2, 0.25) is 0 Å². The first kappa shape index (κ1) is 16.5. The van der Waals surface area contributed by atoms with Gasteiger partial charge in [-0.05, 0) is 48.1 Å². The van der Waals surface area contributed by atoms with E-state index in [4.69, 9.17) is 9.47 Å². The molecule has 1 aliphatic heterocycles. The van der Waals surface area contributed by atoms with E-state index in [-0.39, 0.29) is 12.4 Å². The molecule has 0 bridgehead atoms. The van der Waals surface area contributed by atoms with Crippen LogP contribution in [0.25, 0.3) is 0 Å². The third-order valence-electron chi connectivity index (χ3n) is 2.90. The molecule has 0 aliphatic carbocycles. The second-order valence-corrected chi connectivity index (χ2v) is 7.50. The van der Waals surface area contributed by atoms with E-state index >= 15 is 0 Å². The van der Waals surface area contributed by atoms with Crippen molar-refractivity contribution in [2.24, 2.45) is 0 Å². The van der Waals surface area contributed by atoms with Crippen molar-refractivity contribution in [1.29, 1.82) is 0 Å². The monoisotopic (exact) mass is 375 g/mol. The number of thiophene rings is 1. The van der Waals surface area contributed by atoms with Gasteiger partial charge in [0.05, 0.1) is 18.1 Å². The Labute approximate surface area is 136 Å². The summed E-state index contributed by atoms with van der Waals surface area (Å²) in [6, 6.07) is 1.18. The normalized spacial score (nSPS) is 19.4. The first-order valence-corrected chi connectivity index (χ1v) is 8.31. The number of morpholine rings is 1. The minimum absolute atomic E-state index is 0.123. The first-order chi connectivity index (χ1) is 9.79. The van der Waals surface area contributed by atoms with Gasteiger partial charge < -0.3 is 9.47 Å². The number of carbonyl (C=O) groups is 2. The average Bonchev–Trinajstić information content (AvgIpc) is 2.82. The molecule has 0 N–H and O–H groups in total. The smallest absolute Gasteiger partial charge is 0.411 e. The Kier molecular flexibility index (Phi) is 5.06. The Morgan fingerprint density at radius 2 is 2.19 bits per heavy atom. The predicted octanol–water partition coefficient (Wildman–Crippen LogP) is 3.33. The van der Waals surface area contributed by atoms with Crippen LogP contribution in [0.4, 0.5) is 4.79 Å². The molecular weight excluding hydrogens is 358 g/mol. The van der Waals surface area contributed by atoms with E-state index in [1.165, 1.54) is 16.2 Å². The molecule has 1 aliphatic rings. The summed E-state index contributed by atoms with van der Waals surface area (Å²) in [6.07, 6.45) is -0.475. The van der Waals surface area contributed by atoms with Gasteiger partial charge in [0, 0.05) is 11.0 Å². The molecule has 21 heavy (non-hydrogen) atoms. The number of nitrogens with zero attached hydrogens (tertiary/aromatic N) is 1. The molecule has 0 spiro atoms. The highest BCUT2D eigenvalue weighted by Crippen LogP contribution is 2.26. The Hall–Kier alpha value is -0.920. The van der Waals surface area contributed by atoms with Crippen LogP contribution < -0.4 is 0 Å². The van der Waals surface area contributed by atoms with Gasteiger partial charge in [0.1, 0.15) is 11.6 Å². The fraction of sp³-hybridized carbons (Fsp3) is 0.571. The van der Waals surface area contributed by atoms with Crippen molar-refractivity contribution in [2.75, 3.05) is 19.8 Å². The molecule has 1 saturated heterocycles. The van der Waals surface area contributed by atoms with Gasteiger partial charge in [-0.3, -0.25) is 9.69 Å². The molecule has 2 rings (SSSR count). The molecule has 2 heterocycles. The van der Waals surface area contributed by atoms with Crippen LogP contribution in [-0.2, 0) is 9.47 Å². The van der Waals surface area contributed by atoms with Gasteiger partial charge >= 0.3 is 6.09 Å². The maximum Gasteiger partial charge on any atom is 0.411 e. The molecule has 5 nitrogen and oxygen atoms in total. The van der Waals surface area contributed by atoms with Crippen molar-refractivity contribution >= 4 is 39.1 Å². The second kappa shape index (κ2) is 6.46. The van der Waals surface area contributed by atoms with Crippen LogP contribution in [0.15, 0.2) is 15.9 Å². The van der Waals surface area contributed by atoms with E-state index in [9.17, 15) is 9.59 Å². The lowest BCUT2D eigenvalue weighted by Gasteiger charge is -2.35. The maximum atomic E-state index is 12.6. The first-order valence-electron chi connectivity index (χ1n) is 6.64. The second-order valence-electron chi connectivity index (χ2n) is 5.73. The largest absolute Gasteiger partial charge is 0.444 e. The van der Waals surface area contributed by atoms with Gasteiger partial charge in [-0.1, -0.05) is 0 Å². The molecule has 7 heteroatoms. The predicted molar refractivity (Wildman–Crippen MR) is 83.9 cm³/mol. The number of hydrogen-bond acceptors (Lipinski definition) is 5. The minimum atomic E-state index is -0.636. The van der Waals surface area contributed by atoms with E-state index in [0.29, 0.717) is 18.0 Å². The molecule has 0 saturated carbocycles. The zero-order valence-corrected chi connectivity index (χ0v) is 14.6. The Morgan fingerprint density at radius 1 is 1.48 bits per heavy atom. The number of rotatable bonds is 2. The summed E-state index contributed by atoms with van der Waals surface area (Å²) in [7, 11) is 0. The molecule has 1 atom stereocenters. The fourth-order valence-electron chi connectivity index (χ4n) is 1.98. The van der Waals surface area contributed by atoms with Crippen LogP contribution in [0.3, 0.4) is 0 Å². The van der Waals surface area contributed by atoms with Crippen LogP contribution >= 0.6 is 27.3 Å². The summed E-state index contributed by atoms with van der Waals surface area (Å²) < 4.78 is 11.5. The highest BCUT2D eigenvalue weighted by molar-refractivity contribution is 9.10. The highest BCUT2D eigenvalue weighted by atomic mass is 79.9. The van der Waals surface area contributed by atoms with Crippen molar-refractivity contribution in [1.82, 2.24) is 4.90 Å². The molecule has 1 aromatic rings. The number of amides is 1. The summed E-state index contributed by atoms with van der Waals surface area (Å²) in [4.78, 5) is 26.9. The number of halogens is 1. The van der Waals surface area contributed by atoms with Gasteiger partial charge in [0.25, 0.3) is 0 Å². The average molecular weight is 376 g/mol. The van der Waals surface area contributed by atoms with E-state index < -0.39 is 17.7 Å². The molecule has 116 valence electrons. The van der Waals surface area contributed by atoms with Gasteiger partial charge in [-0.25, -0.2) is 4.79 Å². The van der Waals surface area contributed by atoms with Gasteiger partial charge in [0.15, 0.2) is 5.78 Å². The third-order valence-corrected chi connectivity index (χ3v) is 4.75. The van der Waals surface area contributed by atoms with Crippen molar-refractivity contribution < 1.29 is 19.1 Å². The van der Waals surface area contributed by atoms with Crippen LogP contribution in [0.2, 0.25) is 0 Å². The van der Waals surface area contributed by atoms with Crippen LogP contribution in [0.1, 0.15) is 30.4 Å². The summed E-state index contributed by atoms with van der Waals surface area (Å²) in [5, 5.41) is 1.83. The Bertz CT molecular complexity index is 537. The SMILES string of the molecule is CC(C)(C)OC(=O)N1CCOCC1C(=O)c1sccc1Br. The van der Waals surface area contributed by atoms with Crippen molar-refractivity contribution in [3.8, 4) is 0 Å². The van der Waals surface area contributed by atoms with Gasteiger partial charge in [-0.2, -0.15) is 0 Å². The maximum absolute atomic E-state index is 12.6. The number of hydrogen-bond donors (Lipinski definition) is 0. The van der Waals surface area contributed by atoms with E-state index in [2.05, 4.69) is 15.9 Å². The Morgan fingerprint density at radius 3 is 2.76 bits per heavy atom. The molecule has 1 fully saturated rings. The molecule has 0 aromatic carbocycles. The van der Waals surface area contributed by atoms with Crippen molar-refractivity contribution in [3.63, 3.8) is 0 Å². The number of Topliss-reactive ketones (excluding diaryl/α,β-unsaturated/α-hetero) is 1. The molecular formula is C14H18BrNO4S. The van der Waals surface area contributed by atoms with Crippen molar-refractivity contribution in [2.45, 2.75) is 32.4 Å². The minimum Gasteiger partial charge on any atom is -0.444 e. The lowest BCUT2D eigenvalue weighted by Crippen LogP contribution is -2.53. The molecule has 1 unspecified atom stereocenters. The zero-order valence-electron chi connectivity index (χ0n) is 12.2. The number of ether oxygens (including phenoxy) is 2. The van der Waals surface area contributed by atoms with Gasteiger partial charge in [-0.15, -0.1) is 11.3 Å². The van der Waals surface area contributed by atoms with E-state index in [0.717, 1.165) is 4.47 Å². The summed E-state index contributed by atoms with van der Waals surface area (Å²) in [5.41, 5.74) is -0.591. The summed E-state index contributed by atoms with van der Waals surface area (Å²) >= 11 is 4.70.